The number of hydrogen-bond donors (Lipinski definition) is 2. The van der Waals surface area contributed by atoms with E-state index in [0.29, 0.717) is 48.5 Å². The van der Waals surface area contributed by atoms with E-state index in [1.165, 1.54) is 0 Å². The average molecular weight is 562 g/mol. The lowest BCUT2D eigenvalue weighted by Crippen LogP contribution is -2.30. The van der Waals surface area contributed by atoms with Crippen LogP contribution in [0.2, 0.25) is 5.02 Å². The number of amides is 2. The minimum Gasteiger partial charge on any atom is -0.445 e. The molecule has 1 aromatic heterocycles. The van der Waals surface area contributed by atoms with Gasteiger partial charge in [0.05, 0.1) is 5.92 Å². The number of halogens is 1. The molecule has 0 saturated carbocycles. The summed E-state index contributed by atoms with van der Waals surface area (Å²) in [6, 6.07) is 23.8. The normalized spacial score (nSPS) is 12.4. The van der Waals surface area contributed by atoms with Gasteiger partial charge in [-0.25, -0.2) is 9.78 Å². The Bertz CT molecular complexity index is 1420. The molecule has 9 heteroatoms. The van der Waals surface area contributed by atoms with Crippen molar-refractivity contribution in [3.63, 3.8) is 0 Å². The zero-order chi connectivity index (χ0) is 28.3. The van der Waals surface area contributed by atoms with Crippen LogP contribution in [0.4, 0.5) is 4.79 Å². The molecule has 0 aliphatic rings. The number of carbonyl (C=O) groups is 3. The van der Waals surface area contributed by atoms with Crippen LogP contribution in [0.15, 0.2) is 83.3 Å². The van der Waals surface area contributed by atoms with Gasteiger partial charge in [0, 0.05) is 24.5 Å². The van der Waals surface area contributed by atoms with E-state index in [1.807, 2.05) is 67.6 Å². The summed E-state index contributed by atoms with van der Waals surface area (Å²) in [5.74, 6) is -0.844. The highest BCUT2D eigenvalue weighted by Crippen LogP contribution is 2.27. The number of carbonyl (C=O) groups excluding carboxylic acids is 3. The molecular formula is C31H32ClN3O5. The monoisotopic (exact) mass is 561 g/mol. The van der Waals surface area contributed by atoms with Crippen molar-refractivity contribution in [1.29, 1.82) is 0 Å². The van der Waals surface area contributed by atoms with Gasteiger partial charge in [0.25, 0.3) is 5.89 Å². The number of hydrogen-bond acceptors (Lipinski definition) is 6. The van der Waals surface area contributed by atoms with Gasteiger partial charge < -0.3 is 19.8 Å². The number of Topliss-reactive ketones (excluding diaryl/α,β-unsaturated/α-hetero) is 1. The Kier molecular flexibility index (Phi) is 10.3. The van der Waals surface area contributed by atoms with Crippen LogP contribution in [0.5, 0.6) is 0 Å². The maximum Gasteiger partial charge on any atom is 0.407 e. The first-order chi connectivity index (χ1) is 19.4. The van der Waals surface area contributed by atoms with Crippen molar-refractivity contribution in [2.24, 2.45) is 5.92 Å². The first kappa shape index (κ1) is 28.8. The van der Waals surface area contributed by atoms with Crippen molar-refractivity contribution in [2.75, 3.05) is 13.1 Å². The maximum absolute atomic E-state index is 13.4. The van der Waals surface area contributed by atoms with Gasteiger partial charge in [-0.3, -0.25) is 9.59 Å². The number of nitrogens with zero attached hydrogens (tertiary/aromatic N) is 1. The van der Waals surface area contributed by atoms with E-state index in [4.69, 9.17) is 20.8 Å². The van der Waals surface area contributed by atoms with Crippen molar-refractivity contribution in [1.82, 2.24) is 15.6 Å². The molecule has 208 valence electrons. The fourth-order valence-corrected chi connectivity index (χ4v) is 4.50. The van der Waals surface area contributed by atoms with Crippen LogP contribution in [0, 0.1) is 5.92 Å². The Morgan fingerprint density at radius 3 is 2.38 bits per heavy atom. The van der Waals surface area contributed by atoms with E-state index in [-0.39, 0.29) is 30.1 Å². The first-order valence-corrected chi connectivity index (χ1v) is 13.6. The number of fused-ring (bicyclic) bond motifs is 1. The van der Waals surface area contributed by atoms with Crippen LogP contribution < -0.4 is 10.6 Å². The molecule has 2 atom stereocenters. The largest absolute Gasteiger partial charge is 0.445 e. The minimum atomic E-state index is -0.534. The van der Waals surface area contributed by atoms with E-state index in [1.54, 1.807) is 18.2 Å². The molecule has 2 amide bonds. The molecule has 2 N–H and O–H groups in total. The molecule has 4 rings (SSSR count). The van der Waals surface area contributed by atoms with Crippen molar-refractivity contribution in [3.05, 3.63) is 101 Å². The van der Waals surface area contributed by atoms with E-state index in [2.05, 4.69) is 15.6 Å². The number of ether oxygens (including phenoxy) is 1. The Balaban J connectivity index is 1.23. The molecule has 4 aromatic rings. The summed E-state index contributed by atoms with van der Waals surface area (Å²) in [5, 5.41) is 6.15. The lowest BCUT2D eigenvalue weighted by Gasteiger charge is -2.16. The second-order valence-electron chi connectivity index (χ2n) is 9.68. The molecular weight excluding hydrogens is 530 g/mol. The molecule has 0 radical (unpaired) electrons. The predicted octanol–water partition coefficient (Wildman–Crippen LogP) is 6.30. The maximum atomic E-state index is 13.4. The summed E-state index contributed by atoms with van der Waals surface area (Å²) < 4.78 is 10.9. The Hall–Kier alpha value is -4.17. The highest BCUT2D eigenvalue weighted by molar-refractivity contribution is 6.31. The molecule has 0 aliphatic heterocycles. The molecule has 0 fully saturated rings. The second-order valence-corrected chi connectivity index (χ2v) is 10.1. The topological polar surface area (TPSA) is 111 Å². The summed E-state index contributed by atoms with van der Waals surface area (Å²) in [4.78, 5) is 42.2. The third-order valence-corrected chi connectivity index (χ3v) is 6.72. The zero-order valence-corrected chi connectivity index (χ0v) is 23.0. The van der Waals surface area contributed by atoms with Gasteiger partial charge in [0.15, 0.2) is 5.58 Å². The second kappa shape index (κ2) is 14.3. The number of aromatic nitrogens is 1. The number of alkyl carbamates (subject to hydrolysis) is 1. The van der Waals surface area contributed by atoms with E-state index < -0.39 is 12.0 Å². The quantitative estimate of drug-likeness (QED) is 0.185. The third-order valence-electron chi connectivity index (χ3n) is 6.49. The van der Waals surface area contributed by atoms with Crippen molar-refractivity contribution in [2.45, 2.75) is 38.7 Å². The number of oxazole rings is 1. The first-order valence-electron chi connectivity index (χ1n) is 13.3. The highest BCUT2D eigenvalue weighted by atomic mass is 35.5. The molecule has 3 aromatic carbocycles. The molecule has 2 unspecified atom stereocenters. The van der Waals surface area contributed by atoms with Gasteiger partial charge in [-0.05, 0) is 48.1 Å². The fourth-order valence-electron chi connectivity index (χ4n) is 4.33. The number of ketones is 1. The van der Waals surface area contributed by atoms with Gasteiger partial charge >= 0.3 is 6.09 Å². The minimum absolute atomic E-state index is 0.0147. The van der Waals surface area contributed by atoms with Crippen LogP contribution in [-0.4, -0.2) is 35.9 Å². The smallest absolute Gasteiger partial charge is 0.407 e. The molecule has 0 saturated heterocycles. The SMILES string of the molecule is CC(CCNC(=O)OCc1ccccc1)CC(=O)NCCC(C(=O)c1nc2cc(Cl)ccc2o1)c1ccccc1. The lowest BCUT2D eigenvalue weighted by molar-refractivity contribution is -0.121. The van der Waals surface area contributed by atoms with Crippen LogP contribution >= 0.6 is 11.6 Å². The summed E-state index contributed by atoms with van der Waals surface area (Å²) in [6.45, 7) is 2.87. The molecule has 8 nitrogen and oxygen atoms in total. The van der Waals surface area contributed by atoms with E-state index in [9.17, 15) is 14.4 Å². The lowest BCUT2D eigenvalue weighted by atomic mass is 9.91. The van der Waals surface area contributed by atoms with Crippen LogP contribution in [0.3, 0.4) is 0 Å². The molecule has 0 spiro atoms. The highest BCUT2D eigenvalue weighted by Gasteiger charge is 2.26. The predicted molar refractivity (Wildman–Crippen MR) is 153 cm³/mol. The summed E-state index contributed by atoms with van der Waals surface area (Å²) in [5.41, 5.74) is 2.74. The van der Waals surface area contributed by atoms with E-state index in [0.717, 1.165) is 11.1 Å². The average Bonchev–Trinajstić information content (AvgIpc) is 3.38. The van der Waals surface area contributed by atoms with Gasteiger partial charge in [-0.15, -0.1) is 0 Å². The van der Waals surface area contributed by atoms with Crippen LogP contribution in [0.1, 0.15) is 53.9 Å². The molecule has 0 bridgehead atoms. The Labute approximate surface area is 238 Å². The molecule has 1 heterocycles. The Morgan fingerprint density at radius 1 is 0.925 bits per heavy atom. The standard InChI is InChI=1S/C31H32ClN3O5/c1-21(14-16-34-31(38)39-20-22-8-4-2-5-9-22)18-28(36)33-17-15-25(23-10-6-3-7-11-23)29(37)30-35-26-19-24(32)12-13-27(26)40-30/h2-13,19,21,25H,14-18,20H2,1H3,(H,33,36)(H,34,38). The number of rotatable bonds is 13. The van der Waals surface area contributed by atoms with Gasteiger partial charge in [-0.2, -0.15) is 0 Å². The van der Waals surface area contributed by atoms with E-state index >= 15 is 0 Å². The zero-order valence-electron chi connectivity index (χ0n) is 22.3. The summed E-state index contributed by atoms with van der Waals surface area (Å²) >= 11 is 6.04. The summed E-state index contributed by atoms with van der Waals surface area (Å²) in [6.07, 6.45) is 0.827. The van der Waals surface area contributed by atoms with Crippen molar-refractivity contribution in [3.8, 4) is 0 Å². The fraction of sp³-hybridized carbons (Fsp3) is 0.290. The van der Waals surface area contributed by atoms with Crippen LogP contribution in [0.25, 0.3) is 11.1 Å². The molecule has 40 heavy (non-hydrogen) atoms. The van der Waals surface area contributed by atoms with Gasteiger partial charge in [0.2, 0.25) is 11.7 Å². The summed E-state index contributed by atoms with van der Waals surface area (Å²) in [7, 11) is 0. The van der Waals surface area contributed by atoms with Crippen molar-refractivity contribution < 1.29 is 23.5 Å². The number of benzene rings is 3. The Morgan fingerprint density at radius 2 is 1.62 bits per heavy atom. The van der Waals surface area contributed by atoms with Gasteiger partial charge in [0.1, 0.15) is 12.1 Å². The van der Waals surface area contributed by atoms with Crippen molar-refractivity contribution >= 4 is 40.5 Å². The van der Waals surface area contributed by atoms with Gasteiger partial charge in [-0.1, -0.05) is 79.2 Å². The molecule has 0 aliphatic carbocycles. The third kappa shape index (κ3) is 8.41. The van der Waals surface area contributed by atoms with Crippen LogP contribution in [-0.2, 0) is 16.1 Å². The number of nitrogens with one attached hydrogen (secondary N) is 2.